The Morgan fingerprint density at radius 1 is 0.850 bits per heavy atom. The van der Waals surface area contributed by atoms with Gasteiger partial charge in [-0.05, 0) is 26.0 Å². The Morgan fingerprint density at radius 2 is 1.40 bits per heavy atom. The van der Waals surface area contributed by atoms with Crippen molar-refractivity contribution in [3.63, 3.8) is 0 Å². The maximum atomic E-state index is 12.6. The molecule has 2 aromatic rings. The smallest absolute Gasteiger partial charge is 0.177 e. The molecule has 0 unspecified atom stereocenters. The van der Waals surface area contributed by atoms with E-state index in [0.717, 1.165) is 0 Å². The van der Waals surface area contributed by atoms with Crippen LogP contribution in [0.3, 0.4) is 0 Å². The quantitative estimate of drug-likeness (QED) is 0.615. The largest absolute Gasteiger partial charge is 0.293 e. The molecule has 0 fully saturated rings. The lowest BCUT2D eigenvalue weighted by Crippen LogP contribution is -2.33. The molecular weight excluding hydrogens is 272 g/mol. The first-order chi connectivity index (χ1) is 9.44. The van der Waals surface area contributed by atoms with Gasteiger partial charge in [-0.15, -0.1) is 0 Å². The zero-order valence-electron chi connectivity index (χ0n) is 11.4. The fourth-order valence-electron chi connectivity index (χ4n) is 2.04. The maximum absolute atomic E-state index is 12.6. The van der Waals surface area contributed by atoms with Crippen LogP contribution in [0.25, 0.3) is 0 Å². The first-order valence-electron chi connectivity index (χ1n) is 6.34. The molecule has 0 atom stereocenters. The number of ketones is 2. The summed E-state index contributed by atoms with van der Waals surface area (Å²) in [5.74, 6) is -0.472. The number of halogens is 1. The highest BCUT2D eigenvalue weighted by molar-refractivity contribution is 6.35. The summed E-state index contributed by atoms with van der Waals surface area (Å²) in [6.07, 6.45) is 0. The standard InChI is InChI=1S/C17H15ClO2/c1-17(2,15(19)12-8-4-3-5-9-12)16(20)13-10-6-7-11-14(13)18/h3-11H,1-2H3. The highest BCUT2D eigenvalue weighted by Gasteiger charge is 2.37. The number of carbonyl (C=O) groups excluding carboxylic acids is 2. The van der Waals surface area contributed by atoms with Crippen LogP contribution in [0.15, 0.2) is 54.6 Å². The summed E-state index contributed by atoms with van der Waals surface area (Å²) >= 11 is 6.04. The average molecular weight is 287 g/mol. The maximum Gasteiger partial charge on any atom is 0.177 e. The van der Waals surface area contributed by atoms with Gasteiger partial charge in [-0.3, -0.25) is 9.59 Å². The van der Waals surface area contributed by atoms with Crippen LogP contribution in [0.5, 0.6) is 0 Å². The van der Waals surface area contributed by atoms with E-state index in [1.807, 2.05) is 6.07 Å². The molecule has 0 amide bonds. The van der Waals surface area contributed by atoms with Gasteiger partial charge in [-0.1, -0.05) is 54.1 Å². The topological polar surface area (TPSA) is 34.1 Å². The van der Waals surface area contributed by atoms with Gasteiger partial charge in [-0.25, -0.2) is 0 Å². The normalized spacial score (nSPS) is 11.2. The van der Waals surface area contributed by atoms with E-state index in [4.69, 9.17) is 11.6 Å². The van der Waals surface area contributed by atoms with Crippen molar-refractivity contribution in [2.24, 2.45) is 5.41 Å². The van der Waals surface area contributed by atoms with Crippen LogP contribution >= 0.6 is 11.6 Å². The summed E-state index contributed by atoms with van der Waals surface area (Å²) in [6, 6.07) is 15.6. The number of rotatable bonds is 4. The molecule has 0 radical (unpaired) electrons. The van der Waals surface area contributed by atoms with Crippen LogP contribution < -0.4 is 0 Å². The van der Waals surface area contributed by atoms with E-state index in [1.165, 1.54) is 0 Å². The van der Waals surface area contributed by atoms with Crippen LogP contribution in [0.1, 0.15) is 34.6 Å². The number of benzene rings is 2. The zero-order chi connectivity index (χ0) is 14.8. The minimum absolute atomic E-state index is 0.206. The van der Waals surface area contributed by atoms with Gasteiger partial charge in [-0.2, -0.15) is 0 Å². The second-order valence-corrected chi connectivity index (χ2v) is 5.54. The van der Waals surface area contributed by atoms with Crippen molar-refractivity contribution >= 4 is 23.2 Å². The number of hydrogen-bond acceptors (Lipinski definition) is 2. The lowest BCUT2D eigenvalue weighted by Gasteiger charge is -2.22. The molecule has 0 aromatic heterocycles. The Kier molecular flexibility index (Phi) is 4.05. The first-order valence-corrected chi connectivity index (χ1v) is 6.71. The minimum atomic E-state index is -1.15. The van der Waals surface area contributed by atoms with E-state index in [2.05, 4.69) is 0 Å². The number of carbonyl (C=O) groups is 2. The summed E-state index contributed by atoms with van der Waals surface area (Å²) in [5, 5.41) is 0.367. The molecule has 0 aliphatic heterocycles. The molecule has 0 aliphatic carbocycles. The first kappa shape index (κ1) is 14.5. The minimum Gasteiger partial charge on any atom is -0.293 e. The van der Waals surface area contributed by atoms with Crippen molar-refractivity contribution in [1.29, 1.82) is 0 Å². The average Bonchev–Trinajstić information content (AvgIpc) is 2.47. The SMILES string of the molecule is CC(C)(C(=O)c1ccccc1)C(=O)c1ccccc1Cl. The number of Topliss-reactive ketones (excluding diaryl/α,β-unsaturated/α-hetero) is 2. The van der Waals surface area contributed by atoms with Crippen molar-refractivity contribution in [3.05, 3.63) is 70.7 Å². The molecule has 0 spiro atoms. The molecule has 0 aliphatic rings. The fraction of sp³-hybridized carbons (Fsp3) is 0.176. The lowest BCUT2D eigenvalue weighted by atomic mass is 9.78. The summed E-state index contributed by atoms with van der Waals surface area (Å²) < 4.78 is 0. The van der Waals surface area contributed by atoms with Gasteiger partial charge in [0.15, 0.2) is 11.6 Å². The van der Waals surface area contributed by atoms with Crippen molar-refractivity contribution < 1.29 is 9.59 Å². The number of hydrogen-bond donors (Lipinski definition) is 0. The predicted molar refractivity (Wildman–Crippen MR) is 80.3 cm³/mol. The molecule has 2 nitrogen and oxygen atoms in total. The van der Waals surface area contributed by atoms with Gasteiger partial charge in [0.2, 0.25) is 0 Å². The van der Waals surface area contributed by atoms with E-state index in [0.29, 0.717) is 16.1 Å². The fourth-order valence-corrected chi connectivity index (χ4v) is 2.26. The molecule has 102 valence electrons. The Hall–Kier alpha value is -1.93. The predicted octanol–water partition coefficient (Wildman–Crippen LogP) is 4.43. The van der Waals surface area contributed by atoms with Crippen LogP contribution in [0, 0.1) is 5.41 Å². The summed E-state index contributed by atoms with van der Waals surface area (Å²) in [7, 11) is 0. The van der Waals surface area contributed by atoms with E-state index in [-0.39, 0.29) is 11.6 Å². The highest BCUT2D eigenvalue weighted by Crippen LogP contribution is 2.29. The van der Waals surface area contributed by atoms with E-state index >= 15 is 0 Å². The molecule has 20 heavy (non-hydrogen) atoms. The third-order valence-electron chi connectivity index (χ3n) is 3.29. The van der Waals surface area contributed by atoms with Crippen molar-refractivity contribution in [3.8, 4) is 0 Å². The molecule has 2 rings (SSSR count). The van der Waals surface area contributed by atoms with Gasteiger partial charge in [0.05, 0.1) is 10.4 Å². The summed E-state index contributed by atoms with van der Waals surface area (Å²) in [5.41, 5.74) is -0.242. The van der Waals surface area contributed by atoms with Gasteiger partial charge in [0.25, 0.3) is 0 Å². The Morgan fingerprint density at radius 3 is 2.00 bits per heavy atom. The van der Waals surface area contributed by atoms with Gasteiger partial charge in [0.1, 0.15) is 0 Å². The van der Waals surface area contributed by atoms with Crippen LogP contribution in [0.4, 0.5) is 0 Å². The van der Waals surface area contributed by atoms with Gasteiger partial charge >= 0.3 is 0 Å². The summed E-state index contributed by atoms with van der Waals surface area (Å²) in [4.78, 5) is 25.1. The lowest BCUT2D eigenvalue weighted by molar-refractivity contribution is 0.0711. The third-order valence-corrected chi connectivity index (χ3v) is 3.62. The van der Waals surface area contributed by atoms with Crippen LogP contribution in [-0.4, -0.2) is 11.6 Å². The van der Waals surface area contributed by atoms with Gasteiger partial charge < -0.3 is 0 Å². The van der Waals surface area contributed by atoms with Crippen molar-refractivity contribution in [2.75, 3.05) is 0 Å². The molecule has 0 bridgehead atoms. The van der Waals surface area contributed by atoms with Crippen LogP contribution in [0.2, 0.25) is 5.02 Å². The molecule has 0 saturated carbocycles. The molecule has 0 N–H and O–H groups in total. The molecule has 2 aromatic carbocycles. The second kappa shape index (κ2) is 5.59. The zero-order valence-corrected chi connectivity index (χ0v) is 12.1. The van der Waals surface area contributed by atoms with Crippen molar-refractivity contribution in [2.45, 2.75) is 13.8 Å². The second-order valence-electron chi connectivity index (χ2n) is 5.13. The molecular formula is C17H15ClO2. The highest BCUT2D eigenvalue weighted by atomic mass is 35.5. The molecule has 3 heteroatoms. The van der Waals surface area contributed by atoms with Crippen molar-refractivity contribution in [1.82, 2.24) is 0 Å². The Labute approximate surface area is 123 Å². The Balaban J connectivity index is 2.38. The summed E-state index contributed by atoms with van der Waals surface area (Å²) in [6.45, 7) is 3.27. The van der Waals surface area contributed by atoms with E-state index < -0.39 is 5.41 Å². The molecule has 0 heterocycles. The van der Waals surface area contributed by atoms with Crippen LogP contribution in [-0.2, 0) is 0 Å². The van der Waals surface area contributed by atoms with Gasteiger partial charge in [0, 0.05) is 11.1 Å². The monoisotopic (exact) mass is 286 g/mol. The van der Waals surface area contributed by atoms with E-state index in [9.17, 15) is 9.59 Å². The van der Waals surface area contributed by atoms with E-state index in [1.54, 1.807) is 62.4 Å². The third kappa shape index (κ3) is 2.66. The Bertz CT molecular complexity index is 645. The molecule has 0 saturated heterocycles.